The van der Waals surface area contributed by atoms with Gasteiger partial charge in [0.15, 0.2) is 0 Å². The molecule has 1 rings (SSSR count). The lowest BCUT2D eigenvalue weighted by molar-refractivity contribution is -0.385. The molecule has 17 heavy (non-hydrogen) atoms. The van der Waals surface area contributed by atoms with Crippen molar-refractivity contribution in [2.45, 2.75) is 26.3 Å². The molecule has 1 unspecified atom stereocenters. The van der Waals surface area contributed by atoms with Gasteiger partial charge in [-0.15, -0.1) is 0 Å². The summed E-state index contributed by atoms with van der Waals surface area (Å²) in [6.45, 7) is 3.18. The van der Waals surface area contributed by atoms with E-state index in [2.05, 4.69) is 15.3 Å². The number of aryl methyl sites for hydroxylation is 1. The van der Waals surface area contributed by atoms with E-state index in [9.17, 15) is 10.1 Å². The number of aliphatic hydroxyl groups excluding tert-OH is 1. The second-order valence-corrected chi connectivity index (χ2v) is 3.80. The maximum Gasteiger partial charge on any atom is 0.332 e. The SMILES string of the molecule is CCC(CO)Nc1nc(Cl)nc(C)c1[N+](=O)[O-]. The van der Waals surface area contributed by atoms with Crippen molar-refractivity contribution in [3.8, 4) is 0 Å². The summed E-state index contributed by atoms with van der Waals surface area (Å²) in [5.41, 5.74) is -0.0356. The van der Waals surface area contributed by atoms with Crippen molar-refractivity contribution in [3.63, 3.8) is 0 Å². The fourth-order valence-electron chi connectivity index (χ4n) is 1.32. The average molecular weight is 261 g/mol. The first kappa shape index (κ1) is 13.6. The zero-order chi connectivity index (χ0) is 13.0. The zero-order valence-electron chi connectivity index (χ0n) is 9.47. The maximum atomic E-state index is 10.9. The van der Waals surface area contributed by atoms with Gasteiger partial charge in [-0.25, -0.2) is 4.98 Å². The molecule has 0 aliphatic heterocycles. The van der Waals surface area contributed by atoms with Crippen molar-refractivity contribution in [1.29, 1.82) is 0 Å². The van der Waals surface area contributed by atoms with Gasteiger partial charge in [-0.1, -0.05) is 6.92 Å². The number of anilines is 1. The number of nitrogens with one attached hydrogen (secondary N) is 1. The van der Waals surface area contributed by atoms with Crippen LogP contribution in [-0.4, -0.2) is 32.6 Å². The zero-order valence-corrected chi connectivity index (χ0v) is 10.2. The molecule has 1 aromatic rings. The molecule has 0 bridgehead atoms. The van der Waals surface area contributed by atoms with Crippen LogP contribution >= 0.6 is 11.6 Å². The summed E-state index contributed by atoms with van der Waals surface area (Å²) in [7, 11) is 0. The molecule has 7 nitrogen and oxygen atoms in total. The molecular weight excluding hydrogens is 248 g/mol. The molecule has 0 fully saturated rings. The third-order valence-corrected chi connectivity index (χ3v) is 2.44. The normalized spacial score (nSPS) is 12.2. The molecule has 1 heterocycles. The number of aromatic nitrogens is 2. The van der Waals surface area contributed by atoms with Gasteiger partial charge in [0.1, 0.15) is 5.69 Å². The first-order valence-corrected chi connectivity index (χ1v) is 5.43. The summed E-state index contributed by atoms with van der Waals surface area (Å²) in [5, 5.41) is 22.7. The molecule has 8 heteroatoms. The van der Waals surface area contributed by atoms with E-state index in [1.165, 1.54) is 6.92 Å². The number of rotatable bonds is 5. The van der Waals surface area contributed by atoms with Crippen LogP contribution in [0.5, 0.6) is 0 Å². The molecule has 0 aliphatic rings. The van der Waals surface area contributed by atoms with Crippen molar-refractivity contribution >= 4 is 23.1 Å². The molecule has 1 aromatic heterocycles. The monoisotopic (exact) mass is 260 g/mol. The quantitative estimate of drug-likeness (QED) is 0.473. The Balaban J connectivity index is 3.16. The van der Waals surface area contributed by atoms with Gasteiger partial charge < -0.3 is 10.4 Å². The second-order valence-electron chi connectivity index (χ2n) is 3.46. The van der Waals surface area contributed by atoms with Gasteiger partial charge in [-0.05, 0) is 24.9 Å². The number of halogens is 1. The van der Waals surface area contributed by atoms with Crippen LogP contribution in [0.25, 0.3) is 0 Å². The number of nitro groups is 1. The third kappa shape index (κ3) is 3.24. The number of aliphatic hydroxyl groups is 1. The van der Waals surface area contributed by atoms with E-state index in [0.717, 1.165) is 0 Å². The minimum atomic E-state index is -0.571. The smallest absolute Gasteiger partial charge is 0.332 e. The lowest BCUT2D eigenvalue weighted by Gasteiger charge is -2.15. The predicted molar refractivity (Wildman–Crippen MR) is 63.2 cm³/mol. The highest BCUT2D eigenvalue weighted by atomic mass is 35.5. The fourth-order valence-corrected chi connectivity index (χ4v) is 1.53. The Hall–Kier alpha value is -1.47. The van der Waals surface area contributed by atoms with Crippen molar-refractivity contribution < 1.29 is 10.0 Å². The Labute approximate surface area is 103 Å². The van der Waals surface area contributed by atoms with Crippen LogP contribution in [0.3, 0.4) is 0 Å². The molecule has 0 aliphatic carbocycles. The van der Waals surface area contributed by atoms with Gasteiger partial charge in [0.2, 0.25) is 11.1 Å². The molecule has 0 saturated carbocycles. The molecule has 1 atom stereocenters. The predicted octanol–water partition coefficient (Wildman–Crippen LogP) is 1.53. The van der Waals surface area contributed by atoms with Gasteiger partial charge in [0.05, 0.1) is 17.6 Å². The van der Waals surface area contributed by atoms with Gasteiger partial charge in [-0.3, -0.25) is 10.1 Å². The Morgan fingerprint density at radius 3 is 2.71 bits per heavy atom. The van der Waals surface area contributed by atoms with E-state index >= 15 is 0 Å². The van der Waals surface area contributed by atoms with Crippen LogP contribution in [0.15, 0.2) is 0 Å². The Kier molecular flexibility index (Phi) is 4.59. The summed E-state index contributed by atoms with van der Waals surface area (Å²) in [4.78, 5) is 17.8. The van der Waals surface area contributed by atoms with Crippen molar-refractivity contribution in [2.75, 3.05) is 11.9 Å². The highest BCUT2D eigenvalue weighted by molar-refractivity contribution is 6.28. The summed E-state index contributed by atoms with van der Waals surface area (Å²) in [5.74, 6) is 0.0356. The van der Waals surface area contributed by atoms with Crippen LogP contribution in [0.2, 0.25) is 5.28 Å². The lowest BCUT2D eigenvalue weighted by atomic mass is 10.2. The Morgan fingerprint density at radius 2 is 2.24 bits per heavy atom. The van der Waals surface area contributed by atoms with E-state index in [0.29, 0.717) is 6.42 Å². The van der Waals surface area contributed by atoms with Gasteiger partial charge in [-0.2, -0.15) is 4.98 Å². The fraction of sp³-hybridized carbons (Fsp3) is 0.556. The van der Waals surface area contributed by atoms with Crippen LogP contribution in [0, 0.1) is 17.0 Å². The minimum Gasteiger partial charge on any atom is -0.394 e. The van der Waals surface area contributed by atoms with E-state index in [-0.39, 0.29) is 35.1 Å². The van der Waals surface area contributed by atoms with E-state index in [1.807, 2.05) is 6.92 Å². The topological polar surface area (TPSA) is 101 Å². The van der Waals surface area contributed by atoms with Gasteiger partial charge >= 0.3 is 5.69 Å². The minimum absolute atomic E-state index is 0.0356. The largest absolute Gasteiger partial charge is 0.394 e. The standard InChI is InChI=1S/C9H13ClN4O3/c1-3-6(4-15)12-8-7(14(16)17)5(2)11-9(10)13-8/h6,15H,3-4H2,1-2H3,(H,11,12,13). The summed E-state index contributed by atoms with van der Waals surface area (Å²) in [6.07, 6.45) is 0.605. The Bertz CT molecular complexity index is 423. The van der Waals surface area contributed by atoms with Gasteiger partial charge in [0.25, 0.3) is 0 Å². The average Bonchev–Trinajstić information content (AvgIpc) is 2.24. The highest BCUT2D eigenvalue weighted by Crippen LogP contribution is 2.27. The number of nitrogens with zero attached hydrogens (tertiary/aromatic N) is 3. The summed E-state index contributed by atoms with van der Waals surface area (Å²) < 4.78 is 0. The molecule has 0 radical (unpaired) electrons. The van der Waals surface area contributed by atoms with E-state index in [1.54, 1.807) is 0 Å². The van der Waals surface area contributed by atoms with Crippen LogP contribution in [-0.2, 0) is 0 Å². The summed E-state index contributed by atoms with van der Waals surface area (Å²) >= 11 is 5.65. The summed E-state index contributed by atoms with van der Waals surface area (Å²) in [6, 6.07) is -0.306. The lowest BCUT2D eigenvalue weighted by Crippen LogP contribution is -2.24. The first-order chi connectivity index (χ1) is 7.99. The van der Waals surface area contributed by atoms with Crippen LogP contribution in [0.4, 0.5) is 11.5 Å². The van der Waals surface area contributed by atoms with Crippen molar-refractivity contribution in [3.05, 3.63) is 21.1 Å². The molecule has 2 N–H and O–H groups in total. The maximum absolute atomic E-state index is 10.9. The third-order valence-electron chi connectivity index (χ3n) is 2.27. The second kappa shape index (κ2) is 5.74. The molecule has 94 valence electrons. The molecular formula is C9H13ClN4O3. The van der Waals surface area contributed by atoms with Crippen LogP contribution in [0.1, 0.15) is 19.0 Å². The number of hydrogen-bond donors (Lipinski definition) is 2. The van der Waals surface area contributed by atoms with Crippen molar-refractivity contribution in [2.24, 2.45) is 0 Å². The number of hydrogen-bond acceptors (Lipinski definition) is 6. The van der Waals surface area contributed by atoms with Crippen molar-refractivity contribution in [1.82, 2.24) is 9.97 Å². The molecule has 0 spiro atoms. The van der Waals surface area contributed by atoms with Gasteiger partial charge in [0, 0.05) is 0 Å². The molecule has 0 saturated heterocycles. The van der Waals surface area contributed by atoms with E-state index < -0.39 is 4.92 Å². The molecule has 0 aromatic carbocycles. The molecule has 0 amide bonds. The van der Waals surface area contributed by atoms with E-state index in [4.69, 9.17) is 16.7 Å². The van der Waals surface area contributed by atoms with Crippen LogP contribution < -0.4 is 5.32 Å². The highest BCUT2D eigenvalue weighted by Gasteiger charge is 2.23. The first-order valence-electron chi connectivity index (χ1n) is 5.05. The Morgan fingerprint density at radius 1 is 1.59 bits per heavy atom.